The third-order valence-electron chi connectivity index (χ3n) is 4.12. The molecule has 0 aliphatic carbocycles. The monoisotopic (exact) mass is 309 g/mol. The fourth-order valence-electron chi connectivity index (χ4n) is 3.26. The SMILES string of the molecule is Cc1cc(Br)cnc1N1CCCN2CCCC2C1. The smallest absolute Gasteiger partial charge is 0.131 e. The van der Waals surface area contributed by atoms with Gasteiger partial charge in [-0.25, -0.2) is 4.98 Å². The maximum atomic E-state index is 4.62. The fourth-order valence-corrected chi connectivity index (χ4v) is 3.71. The number of anilines is 1. The van der Waals surface area contributed by atoms with Crippen LogP contribution in [0.1, 0.15) is 24.8 Å². The number of halogens is 1. The minimum atomic E-state index is 0.748. The zero-order chi connectivity index (χ0) is 12.5. The van der Waals surface area contributed by atoms with Gasteiger partial charge in [0.15, 0.2) is 0 Å². The van der Waals surface area contributed by atoms with Gasteiger partial charge in [0.1, 0.15) is 5.82 Å². The molecule has 3 heterocycles. The lowest BCUT2D eigenvalue weighted by Gasteiger charge is -2.27. The van der Waals surface area contributed by atoms with E-state index in [1.54, 1.807) is 0 Å². The van der Waals surface area contributed by atoms with Crippen LogP contribution in [0.25, 0.3) is 0 Å². The summed E-state index contributed by atoms with van der Waals surface area (Å²) in [5.41, 5.74) is 1.27. The first-order chi connectivity index (χ1) is 8.74. The van der Waals surface area contributed by atoms with Crippen molar-refractivity contribution < 1.29 is 0 Å². The van der Waals surface area contributed by atoms with Gasteiger partial charge in [-0.3, -0.25) is 4.90 Å². The Balaban J connectivity index is 1.82. The van der Waals surface area contributed by atoms with Crippen LogP contribution in [0.4, 0.5) is 5.82 Å². The van der Waals surface area contributed by atoms with Crippen LogP contribution in [0, 0.1) is 6.92 Å². The molecule has 98 valence electrons. The van der Waals surface area contributed by atoms with Crippen LogP contribution >= 0.6 is 15.9 Å². The number of aryl methyl sites for hydroxylation is 1. The molecule has 3 rings (SSSR count). The average Bonchev–Trinajstić information content (AvgIpc) is 2.67. The van der Waals surface area contributed by atoms with Gasteiger partial charge in [-0.15, -0.1) is 0 Å². The van der Waals surface area contributed by atoms with Crippen molar-refractivity contribution in [3.63, 3.8) is 0 Å². The van der Waals surface area contributed by atoms with Crippen LogP contribution < -0.4 is 4.90 Å². The van der Waals surface area contributed by atoms with E-state index in [9.17, 15) is 0 Å². The Morgan fingerprint density at radius 3 is 2.94 bits per heavy atom. The Morgan fingerprint density at radius 2 is 2.11 bits per heavy atom. The molecule has 1 aromatic heterocycles. The summed E-state index contributed by atoms with van der Waals surface area (Å²) >= 11 is 3.49. The highest BCUT2D eigenvalue weighted by Gasteiger charge is 2.29. The molecule has 18 heavy (non-hydrogen) atoms. The van der Waals surface area contributed by atoms with E-state index in [0.717, 1.165) is 23.6 Å². The molecule has 0 aromatic carbocycles. The van der Waals surface area contributed by atoms with Gasteiger partial charge in [0.2, 0.25) is 0 Å². The van der Waals surface area contributed by atoms with E-state index < -0.39 is 0 Å². The summed E-state index contributed by atoms with van der Waals surface area (Å²) in [6.07, 6.45) is 5.89. The molecule has 2 aliphatic heterocycles. The fraction of sp³-hybridized carbons (Fsp3) is 0.643. The van der Waals surface area contributed by atoms with Crippen molar-refractivity contribution in [2.24, 2.45) is 0 Å². The van der Waals surface area contributed by atoms with Crippen molar-refractivity contribution in [3.05, 3.63) is 22.3 Å². The lowest BCUT2D eigenvalue weighted by molar-refractivity contribution is 0.273. The highest BCUT2D eigenvalue weighted by molar-refractivity contribution is 9.10. The van der Waals surface area contributed by atoms with Gasteiger partial charge in [0.25, 0.3) is 0 Å². The van der Waals surface area contributed by atoms with Crippen molar-refractivity contribution in [2.45, 2.75) is 32.2 Å². The molecule has 0 N–H and O–H groups in total. The van der Waals surface area contributed by atoms with Crippen LogP contribution in [-0.2, 0) is 0 Å². The molecule has 4 heteroatoms. The second kappa shape index (κ2) is 5.17. The number of nitrogens with zero attached hydrogens (tertiary/aromatic N) is 3. The minimum absolute atomic E-state index is 0.748. The molecule has 1 atom stereocenters. The summed E-state index contributed by atoms with van der Waals surface area (Å²) in [5.74, 6) is 1.17. The molecule has 3 nitrogen and oxygen atoms in total. The zero-order valence-electron chi connectivity index (χ0n) is 10.9. The number of pyridine rings is 1. The van der Waals surface area contributed by atoms with Crippen molar-refractivity contribution in [3.8, 4) is 0 Å². The summed E-state index contributed by atoms with van der Waals surface area (Å²) in [6, 6.07) is 2.91. The standard InChI is InChI=1S/C14H20BrN3/c1-11-8-12(15)9-16-14(11)18-7-3-6-17-5-2-4-13(17)10-18/h8-9,13H,2-7,10H2,1H3. The van der Waals surface area contributed by atoms with Gasteiger partial charge in [0.05, 0.1) is 0 Å². The van der Waals surface area contributed by atoms with E-state index in [1.807, 2.05) is 6.20 Å². The topological polar surface area (TPSA) is 19.4 Å². The van der Waals surface area contributed by atoms with Crippen molar-refractivity contribution in [1.82, 2.24) is 9.88 Å². The number of hydrogen-bond acceptors (Lipinski definition) is 3. The first-order valence-electron chi connectivity index (χ1n) is 6.85. The van der Waals surface area contributed by atoms with E-state index >= 15 is 0 Å². The summed E-state index contributed by atoms with van der Waals surface area (Å²) < 4.78 is 1.07. The summed E-state index contributed by atoms with van der Waals surface area (Å²) in [7, 11) is 0. The highest BCUT2D eigenvalue weighted by atomic mass is 79.9. The zero-order valence-corrected chi connectivity index (χ0v) is 12.5. The van der Waals surface area contributed by atoms with Crippen LogP contribution in [0.3, 0.4) is 0 Å². The first kappa shape index (κ1) is 12.4. The molecular weight excluding hydrogens is 290 g/mol. The lowest BCUT2D eigenvalue weighted by atomic mass is 10.2. The molecule has 0 radical (unpaired) electrons. The normalized spacial score (nSPS) is 25.0. The Bertz CT molecular complexity index is 435. The molecule has 2 fully saturated rings. The second-order valence-corrected chi connectivity index (χ2v) is 6.34. The van der Waals surface area contributed by atoms with Gasteiger partial charge >= 0.3 is 0 Å². The molecule has 0 saturated carbocycles. The van der Waals surface area contributed by atoms with E-state index in [1.165, 1.54) is 43.7 Å². The average molecular weight is 310 g/mol. The number of aromatic nitrogens is 1. The lowest BCUT2D eigenvalue weighted by Crippen LogP contribution is -2.37. The number of fused-ring (bicyclic) bond motifs is 1. The molecule has 0 amide bonds. The highest BCUT2D eigenvalue weighted by Crippen LogP contribution is 2.26. The van der Waals surface area contributed by atoms with E-state index in [0.29, 0.717) is 0 Å². The Kier molecular flexibility index (Phi) is 3.57. The molecule has 2 saturated heterocycles. The molecular formula is C14H20BrN3. The minimum Gasteiger partial charge on any atom is -0.355 e. The van der Waals surface area contributed by atoms with Crippen LogP contribution in [-0.4, -0.2) is 42.1 Å². The molecule has 0 bridgehead atoms. The van der Waals surface area contributed by atoms with Crippen molar-refractivity contribution >= 4 is 21.7 Å². The van der Waals surface area contributed by atoms with Crippen LogP contribution in [0.15, 0.2) is 16.7 Å². The van der Waals surface area contributed by atoms with Crippen molar-refractivity contribution in [2.75, 3.05) is 31.1 Å². The van der Waals surface area contributed by atoms with Gasteiger partial charge in [-0.1, -0.05) is 0 Å². The molecule has 0 spiro atoms. The van der Waals surface area contributed by atoms with E-state index in [4.69, 9.17) is 0 Å². The predicted molar refractivity (Wildman–Crippen MR) is 78.1 cm³/mol. The summed E-state index contributed by atoms with van der Waals surface area (Å²) in [5, 5.41) is 0. The van der Waals surface area contributed by atoms with E-state index in [-0.39, 0.29) is 0 Å². The van der Waals surface area contributed by atoms with Gasteiger partial charge in [-0.05, 0) is 60.3 Å². The molecule has 1 aromatic rings. The van der Waals surface area contributed by atoms with Crippen LogP contribution in [0.2, 0.25) is 0 Å². The maximum absolute atomic E-state index is 4.62. The number of hydrogen-bond donors (Lipinski definition) is 0. The van der Waals surface area contributed by atoms with Gasteiger partial charge in [0, 0.05) is 36.3 Å². The third-order valence-corrected chi connectivity index (χ3v) is 4.55. The number of rotatable bonds is 1. The van der Waals surface area contributed by atoms with Crippen molar-refractivity contribution in [1.29, 1.82) is 0 Å². The largest absolute Gasteiger partial charge is 0.355 e. The Labute approximate surface area is 117 Å². The Morgan fingerprint density at radius 1 is 1.28 bits per heavy atom. The summed E-state index contributed by atoms with van der Waals surface area (Å²) in [6.45, 7) is 7.00. The van der Waals surface area contributed by atoms with E-state index in [2.05, 4.69) is 43.7 Å². The maximum Gasteiger partial charge on any atom is 0.131 e. The Hall–Kier alpha value is -0.610. The molecule has 2 aliphatic rings. The van der Waals surface area contributed by atoms with Crippen LogP contribution in [0.5, 0.6) is 0 Å². The quantitative estimate of drug-likeness (QED) is 0.795. The van der Waals surface area contributed by atoms with Gasteiger partial charge < -0.3 is 4.90 Å². The third kappa shape index (κ3) is 2.41. The summed E-state index contributed by atoms with van der Waals surface area (Å²) in [4.78, 5) is 9.76. The molecule has 1 unspecified atom stereocenters. The predicted octanol–water partition coefficient (Wildman–Crippen LogP) is 2.83. The van der Waals surface area contributed by atoms with Gasteiger partial charge in [-0.2, -0.15) is 0 Å². The second-order valence-electron chi connectivity index (χ2n) is 5.43. The first-order valence-corrected chi connectivity index (χ1v) is 7.64.